The summed E-state index contributed by atoms with van der Waals surface area (Å²) in [7, 11) is 0. The van der Waals surface area contributed by atoms with Crippen molar-refractivity contribution in [1.82, 2.24) is 19.9 Å². The van der Waals surface area contributed by atoms with Crippen LogP contribution in [0.2, 0.25) is 0 Å². The van der Waals surface area contributed by atoms with E-state index >= 15 is 0 Å². The van der Waals surface area contributed by atoms with Crippen LogP contribution in [0.25, 0.3) is 11.0 Å². The van der Waals surface area contributed by atoms with Crippen molar-refractivity contribution >= 4 is 17.0 Å². The van der Waals surface area contributed by atoms with Gasteiger partial charge in [-0.2, -0.15) is 0 Å². The van der Waals surface area contributed by atoms with Crippen LogP contribution in [0.15, 0.2) is 30.7 Å². The Morgan fingerprint density at radius 2 is 2.04 bits per heavy atom. The predicted molar refractivity (Wildman–Crippen MR) is 107 cm³/mol. The van der Waals surface area contributed by atoms with Gasteiger partial charge in [0, 0.05) is 18.6 Å². The van der Waals surface area contributed by atoms with E-state index in [1.54, 1.807) is 6.20 Å². The third kappa shape index (κ3) is 4.06. The lowest BCUT2D eigenvalue weighted by Gasteiger charge is -2.25. The van der Waals surface area contributed by atoms with E-state index < -0.39 is 5.97 Å². The number of carboxylic acids is 1. The van der Waals surface area contributed by atoms with Gasteiger partial charge in [0.25, 0.3) is 0 Å². The highest BCUT2D eigenvalue weighted by molar-refractivity contribution is 5.88. The molecule has 0 aromatic carbocycles. The van der Waals surface area contributed by atoms with E-state index in [9.17, 15) is 9.90 Å². The first-order valence-electron chi connectivity index (χ1n) is 10.1. The van der Waals surface area contributed by atoms with Crippen molar-refractivity contribution in [3.63, 3.8) is 0 Å². The monoisotopic (exact) mass is 378 g/mol. The van der Waals surface area contributed by atoms with Crippen LogP contribution in [0.4, 0.5) is 0 Å². The van der Waals surface area contributed by atoms with Crippen molar-refractivity contribution < 1.29 is 9.90 Å². The second-order valence-electron chi connectivity index (χ2n) is 8.03. The number of carboxylic acid groups (broad SMARTS) is 1. The molecule has 3 aromatic heterocycles. The number of aromatic nitrogens is 4. The van der Waals surface area contributed by atoms with Crippen LogP contribution < -0.4 is 0 Å². The molecule has 1 aliphatic carbocycles. The largest absolute Gasteiger partial charge is 0.475 e. The molecule has 0 amide bonds. The molecule has 1 aliphatic rings. The van der Waals surface area contributed by atoms with Crippen molar-refractivity contribution in [2.24, 2.45) is 11.8 Å². The number of fused-ring (bicyclic) bond motifs is 1. The number of nitrogens with one attached hydrogen (secondary N) is 1. The van der Waals surface area contributed by atoms with E-state index in [4.69, 9.17) is 0 Å². The molecule has 0 aliphatic heterocycles. The third-order valence-electron chi connectivity index (χ3n) is 5.89. The number of aromatic amines is 1. The Hall–Kier alpha value is -2.76. The number of carbonyl (C=O) groups is 1. The second-order valence-corrected chi connectivity index (χ2v) is 8.03. The zero-order valence-electron chi connectivity index (χ0n) is 16.2. The molecular weight excluding hydrogens is 352 g/mol. The Morgan fingerprint density at radius 1 is 1.21 bits per heavy atom. The molecule has 4 rings (SSSR count). The highest BCUT2D eigenvalue weighted by Gasteiger charge is 2.23. The average Bonchev–Trinajstić information content (AvgIpc) is 3.12. The van der Waals surface area contributed by atoms with Gasteiger partial charge in [0.15, 0.2) is 0 Å². The SMILES string of the molecule is CC1CCC(Cc2nc(C(=O)O)nc3c(CCc4cccnc4)c[nH]c23)CC1. The van der Waals surface area contributed by atoms with Gasteiger partial charge in [-0.1, -0.05) is 25.8 Å². The van der Waals surface area contributed by atoms with Crippen LogP contribution in [0.5, 0.6) is 0 Å². The van der Waals surface area contributed by atoms with E-state index in [1.165, 1.54) is 25.7 Å². The van der Waals surface area contributed by atoms with Gasteiger partial charge in [-0.15, -0.1) is 0 Å². The number of rotatable bonds is 6. The topological polar surface area (TPSA) is 91.8 Å². The normalized spacial score (nSPS) is 19.8. The first-order valence-corrected chi connectivity index (χ1v) is 10.1. The minimum Gasteiger partial charge on any atom is -0.475 e. The third-order valence-corrected chi connectivity index (χ3v) is 5.89. The fraction of sp³-hybridized carbons (Fsp3) is 0.455. The predicted octanol–water partition coefficient (Wildman–Crippen LogP) is 4.21. The Morgan fingerprint density at radius 3 is 2.75 bits per heavy atom. The van der Waals surface area contributed by atoms with Gasteiger partial charge >= 0.3 is 5.97 Å². The molecule has 1 fully saturated rings. The Balaban J connectivity index is 1.62. The van der Waals surface area contributed by atoms with Gasteiger partial charge < -0.3 is 10.1 Å². The molecule has 3 heterocycles. The summed E-state index contributed by atoms with van der Waals surface area (Å²) in [5, 5.41) is 9.50. The summed E-state index contributed by atoms with van der Waals surface area (Å²) < 4.78 is 0. The minimum atomic E-state index is -1.07. The molecule has 0 unspecified atom stereocenters. The maximum Gasteiger partial charge on any atom is 0.373 e. The standard InChI is InChI=1S/C22H26N4O2/c1-14-4-6-15(7-5-14)11-18-20-19(26-21(25-18)22(27)28)17(13-24-20)9-8-16-3-2-10-23-12-16/h2-3,10,12-15,24H,4-9,11H2,1H3,(H,27,28). The number of hydrogen-bond acceptors (Lipinski definition) is 4. The molecule has 0 saturated heterocycles. The van der Waals surface area contributed by atoms with Crippen LogP contribution >= 0.6 is 0 Å². The zero-order chi connectivity index (χ0) is 19.5. The summed E-state index contributed by atoms with van der Waals surface area (Å²) in [4.78, 5) is 27.8. The highest BCUT2D eigenvalue weighted by atomic mass is 16.4. The van der Waals surface area contributed by atoms with E-state index in [0.29, 0.717) is 5.92 Å². The maximum atomic E-state index is 11.6. The molecule has 0 radical (unpaired) electrons. The maximum absolute atomic E-state index is 11.6. The molecule has 6 heteroatoms. The molecule has 28 heavy (non-hydrogen) atoms. The van der Waals surface area contributed by atoms with Crippen molar-refractivity contribution in [2.45, 2.75) is 51.9 Å². The second kappa shape index (κ2) is 8.09. The van der Waals surface area contributed by atoms with E-state index in [1.807, 2.05) is 18.5 Å². The average molecular weight is 378 g/mol. The van der Waals surface area contributed by atoms with Crippen LogP contribution in [-0.2, 0) is 19.3 Å². The number of aryl methyl sites for hydroxylation is 2. The highest BCUT2D eigenvalue weighted by Crippen LogP contribution is 2.32. The van der Waals surface area contributed by atoms with Gasteiger partial charge in [-0.05, 0) is 61.1 Å². The summed E-state index contributed by atoms with van der Waals surface area (Å²) in [5.74, 6) is 0.188. The molecule has 1 saturated carbocycles. The first kappa shape index (κ1) is 18.6. The molecule has 2 N–H and O–H groups in total. The number of H-pyrrole nitrogens is 1. The lowest BCUT2D eigenvalue weighted by molar-refractivity contribution is 0.0683. The lowest BCUT2D eigenvalue weighted by atomic mass is 9.81. The van der Waals surface area contributed by atoms with Gasteiger partial charge in [-0.25, -0.2) is 14.8 Å². The summed E-state index contributed by atoms with van der Waals surface area (Å²) in [6, 6.07) is 3.98. The number of pyridine rings is 1. The van der Waals surface area contributed by atoms with Crippen LogP contribution in [0.1, 0.15) is 60.0 Å². The molecule has 0 bridgehead atoms. The molecule has 0 atom stereocenters. The van der Waals surface area contributed by atoms with Crippen molar-refractivity contribution in [3.05, 3.63) is 53.4 Å². The van der Waals surface area contributed by atoms with Gasteiger partial charge in [0.05, 0.1) is 16.7 Å². The Bertz CT molecular complexity index is 959. The van der Waals surface area contributed by atoms with E-state index in [0.717, 1.165) is 53.0 Å². The summed E-state index contributed by atoms with van der Waals surface area (Å²) >= 11 is 0. The Kier molecular flexibility index (Phi) is 5.37. The van der Waals surface area contributed by atoms with Crippen molar-refractivity contribution in [3.8, 4) is 0 Å². The van der Waals surface area contributed by atoms with E-state index in [-0.39, 0.29) is 5.82 Å². The van der Waals surface area contributed by atoms with E-state index in [2.05, 4.69) is 32.9 Å². The smallest absolute Gasteiger partial charge is 0.373 e. The quantitative estimate of drug-likeness (QED) is 0.670. The molecule has 146 valence electrons. The molecule has 6 nitrogen and oxygen atoms in total. The molecule has 3 aromatic rings. The summed E-state index contributed by atoms with van der Waals surface area (Å²) in [6.45, 7) is 2.31. The minimum absolute atomic E-state index is 0.103. The molecule has 0 spiro atoms. The Labute approximate surface area is 164 Å². The van der Waals surface area contributed by atoms with Crippen LogP contribution in [0, 0.1) is 11.8 Å². The van der Waals surface area contributed by atoms with Crippen molar-refractivity contribution in [2.75, 3.05) is 0 Å². The summed E-state index contributed by atoms with van der Waals surface area (Å²) in [5.41, 5.74) is 4.66. The first-order chi connectivity index (χ1) is 13.6. The zero-order valence-corrected chi connectivity index (χ0v) is 16.2. The van der Waals surface area contributed by atoms with Crippen molar-refractivity contribution in [1.29, 1.82) is 0 Å². The molecular formula is C22H26N4O2. The van der Waals surface area contributed by atoms with Gasteiger partial charge in [-0.3, -0.25) is 4.98 Å². The van der Waals surface area contributed by atoms with Crippen LogP contribution in [0.3, 0.4) is 0 Å². The van der Waals surface area contributed by atoms with Crippen LogP contribution in [-0.4, -0.2) is 31.0 Å². The number of hydrogen-bond donors (Lipinski definition) is 2. The van der Waals surface area contributed by atoms with Gasteiger partial charge in [0.2, 0.25) is 5.82 Å². The number of nitrogens with zero attached hydrogens (tertiary/aromatic N) is 3. The lowest BCUT2D eigenvalue weighted by Crippen LogP contribution is -2.16. The number of aromatic carboxylic acids is 1. The fourth-order valence-corrected chi connectivity index (χ4v) is 4.18. The summed E-state index contributed by atoms with van der Waals surface area (Å²) in [6.07, 6.45) is 12.9. The fourth-order valence-electron chi connectivity index (χ4n) is 4.18. The van der Waals surface area contributed by atoms with Gasteiger partial charge in [0.1, 0.15) is 0 Å².